The highest BCUT2D eigenvalue weighted by Gasteiger charge is 1.94. The molecule has 0 aliphatic rings. The lowest BCUT2D eigenvalue weighted by Gasteiger charge is -1.97. The van der Waals surface area contributed by atoms with Gasteiger partial charge in [0.15, 0.2) is 0 Å². The van der Waals surface area contributed by atoms with Crippen LogP contribution >= 0.6 is 0 Å². The molecule has 0 saturated heterocycles. The van der Waals surface area contributed by atoms with Crippen molar-refractivity contribution in [3.63, 3.8) is 0 Å². The van der Waals surface area contributed by atoms with Crippen molar-refractivity contribution in [3.8, 4) is 0 Å². The van der Waals surface area contributed by atoms with E-state index >= 15 is 0 Å². The summed E-state index contributed by atoms with van der Waals surface area (Å²) in [5.41, 5.74) is 2.15. The second kappa shape index (κ2) is 5.81. The van der Waals surface area contributed by atoms with Crippen LogP contribution in [0.5, 0.6) is 0 Å². The predicted molar refractivity (Wildman–Crippen MR) is 61.4 cm³/mol. The number of carbonyl (C=O) groups excluding carboxylic acids is 1. The quantitative estimate of drug-likeness (QED) is 0.426. The fraction of sp³-hybridized carbons (Fsp3) is 0.154. The van der Waals surface area contributed by atoms with Gasteiger partial charge in [-0.05, 0) is 18.6 Å². The van der Waals surface area contributed by atoms with E-state index in [1.807, 2.05) is 31.2 Å². The Labute approximate surface area is 89.9 Å². The zero-order valence-corrected chi connectivity index (χ0v) is 8.77. The summed E-state index contributed by atoms with van der Waals surface area (Å²) in [6.45, 7) is 5.72. The molecule has 0 saturated carbocycles. The van der Waals surface area contributed by atoms with Gasteiger partial charge in [0.05, 0.1) is 0 Å². The van der Waals surface area contributed by atoms with Gasteiger partial charge in [-0.15, -0.1) is 0 Å². The van der Waals surface area contributed by atoms with E-state index in [4.69, 9.17) is 4.74 Å². The minimum absolute atomic E-state index is 0.247. The molecule has 2 nitrogen and oxygen atoms in total. The lowest BCUT2D eigenvalue weighted by Crippen LogP contribution is -1.99. The first-order chi connectivity index (χ1) is 7.22. The van der Waals surface area contributed by atoms with Crippen molar-refractivity contribution in [2.45, 2.75) is 6.92 Å². The Morgan fingerprint density at radius 1 is 1.53 bits per heavy atom. The van der Waals surface area contributed by atoms with Crippen LogP contribution in [0.3, 0.4) is 0 Å². The number of hydrogen-bond donors (Lipinski definition) is 0. The molecule has 1 aromatic carbocycles. The maximum atomic E-state index is 11.1. The van der Waals surface area contributed by atoms with Gasteiger partial charge in [0.1, 0.15) is 6.61 Å². The fourth-order valence-electron chi connectivity index (χ4n) is 1.13. The summed E-state index contributed by atoms with van der Waals surface area (Å²) in [5, 5.41) is 0. The number of esters is 1. The fourth-order valence-corrected chi connectivity index (χ4v) is 1.13. The van der Waals surface area contributed by atoms with Crippen LogP contribution in [0.4, 0.5) is 0 Å². The van der Waals surface area contributed by atoms with E-state index in [2.05, 4.69) is 6.58 Å². The predicted octanol–water partition coefficient (Wildman–Crippen LogP) is 2.74. The summed E-state index contributed by atoms with van der Waals surface area (Å²) < 4.78 is 4.80. The Morgan fingerprint density at radius 3 is 3.00 bits per heavy atom. The summed E-state index contributed by atoms with van der Waals surface area (Å²) >= 11 is 0. The zero-order chi connectivity index (χ0) is 11.1. The van der Waals surface area contributed by atoms with Crippen molar-refractivity contribution in [1.29, 1.82) is 0 Å². The van der Waals surface area contributed by atoms with Crippen LogP contribution in [0.15, 0.2) is 43.0 Å². The average molecular weight is 202 g/mol. The third-order valence-corrected chi connectivity index (χ3v) is 1.80. The molecule has 0 N–H and O–H groups in total. The highest BCUT2D eigenvalue weighted by atomic mass is 16.5. The number of carbonyl (C=O) groups is 1. The summed E-state index contributed by atoms with van der Waals surface area (Å²) in [4.78, 5) is 11.1. The molecule has 0 fully saturated rings. The van der Waals surface area contributed by atoms with E-state index < -0.39 is 0 Å². The van der Waals surface area contributed by atoms with Gasteiger partial charge >= 0.3 is 5.97 Å². The van der Waals surface area contributed by atoms with Crippen molar-refractivity contribution in [2.24, 2.45) is 0 Å². The first-order valence-corrected chi connectivity index (χ1v) is 4.75. The Kier molecular flexibility index (Phi) is 4.35. The number of hydrogen-bond acceptors (Lipinski definition) is 2. The van der Waals surface area contributed by atoms with Crippen molar-refractivity contribution in [3.05, 3.63) is 54.1 Å². The highest BCUT2D eigenvalue weighted by Crippen LogP contribution is 2.05. The molecule has 2 heteroatoms. The van der Waals surface area contributed by atoms with Gasteiger partial charge in [-0.1, -0.05) is 42.5 Å². The summed E-state index contributed by atoms with van der Waals surface area (Å²) in [6.07, 6.45) is 4.69. The third-order valence-electron chi connectivity index (χ3n) is 1.80. The van der Waals surface area contributed by atoms with Crippen LogP contribution in [-0.2, 0) is 9.53 Å². The van der Waals surface area contributed by atoms with Gasteiger partial charge < -0.3 is 4.74 Å². The van der Waals surface area contributed by atoms with E-state index in [1.165, 1.54) is 6.08 Å². The van der Waals surface area contributed by atoms with E-state index in [0.717, 1.165) is 11.1 Å². The molecule has 0 aliphatic heterocycles. The molecule has 0 aromatic heterocycles. The maximum absolute atomic E-state index is 11.1. The average Bonchev–Trinajstić information content (AvgIpc) is 2.23. The Bertz CT molecular complexity index is 378. The van der Waals surface area contributed by atoms with E-state index in [9.17, 15) is 4.79 Å². The molecule has 0 spiro atoms. The SMILES string of the molecule is C=CCOC(=O)C=Cc1cccc(C)c1. The molecular weight excluding hydrogens is 188 g/mol. The number of ether oxygens (including phenoxy) is 1. The number of benzene rings is 1. The van der Waals surface area contributed by atoms with Gasteiger partial charge in [0.25, 0.3) is 0 Å². The van der Waals surface area contributed by atoms with E-state index in [0.29, 0.717) is 0 Å². The Balaban J connectivity index is 2.57. The summed E-state index contributed by atoms with van der Waals surface area (Å²) in [5.74, 6) is -0.351. The molecule has 0 atom stereocenters. The standard InChI is InChI=1S/C13H14O2/c1-3-9-15-13(14)8-7-12-6-4-5-11(2)10-12/h3-8,10H,1,9H2,2H3. The van der Waals surface area contributed by atoms with Crippen LogP contribution in [0.25, 0.3) is 6.08 Å². The van der Waals surface area contributed by atoms with Gasteiger partial charge in [-0.2, -0.15) is 0 Å². The first-order valence-electron chi connectivity index (χ1n) is 4.75. The van der Waals surface area contributed by atoms with Crippen molar-refractivity contribution in [2.75, 3.05) is 6.61 Å². The van der Waals surface area contributed by atoms with Gasteiger partial charge in [0, 0.05) is 6.08 Å². The maximum Gasteiger partial charge on any atom is 0.331 e. The van der Waals surface area contributed by atoms with Gasteiger partial charge in [-0.25, -0.2) is 4.79 Å². The summed E-state index contributed by atoms with van der Waals surface area (Å²) in [7, 11) is 0. The largest absolute Gasteiger partial charge is 0.458 e. The molecule has 0 unspecified atom stereocenters. The molecule has 1 aromatic rings. The van der Waals surface area contributed by atoms with Crippen LogP contribution in [-0.4, -0.2) is 12.6 Å². The number of rotatable bonds is 4. The Morgan fingerprint density at radius 2 is 2.33 bits per heavy atom. The highest BCUT2D eigenvalue weighted by molar-refractivity contribution is 5.87. The third kappa shape index (κ3) is 4.27. The molecule has 0 bridgehead atoms. The van der Waals surface area contributed by atoms with Crippen LogP contribution in [0.1, 0.15) is 11.1 Å². The van der Waals surface area contributed by atoms with Crippen LogP contribution in [0.2, 0.25) is 0 Å². The second-order valence-corrected chi connectivity index (χ2v) is 3.17. The van der Waals surface area contributed by atoms with E-state index in [1.54, 1.807) is 12.2 Å². The van der Waals surface area contributed by atoms with Crippen molar-refractivity contribution < 1.29 is 9.53 Å². The van der Waals surface area contributed by atoms with E-state index in [-0.39, 0.29) is 12.6 Å². The number of aryl methyl sites for hydroxylation is 1. The zero-order valence-electron chi connectivity index (χ0n) is 8.77. The lowest BCUT2D eigenvalue weighted by atomic mass is 10.1. The minimum Gasteiger partial charge on any atom is -0.458 e. The van der Waals surface area contributed by atoms with Gasteiger partial charge in [0.2, 0.25) is 0 Å². The van der Waals surface area contributed by atoms with Gasteiger partial charge in [-0.3, -0.25) is 0 Å². The Hall–Kier alpha value is -1.83. The molecule has 0 radical (unpaired) electrons. The minimum atomic E-state index is -0.351. The molecule has 0 heterocycles. The molecule has 0 aliphatic carbocycles. The van der Waals surface area contributed by atoms with Crippen LogP contribution in [0, 0.1) is 6.92 Å². The summed E-state index contributed by atoms with van der Waals surface area (Å²) in [6, 6.07) is 7.89. The smallest absolute Gasteiger partial charge is 0.331 e. The molecule has 0 amide bonds. The normalized spacial score (nSPS) is 10.2. The van der Waals surface area contributed by atoms with Crippen LogP contribution < -0.4 is 0 Å². The monoisotopic (exact) mass is 202 g/mol. The second-order valence-electron chi connectivity index (χ2n) is 3.17. The first kappa shape index (κ1) is 11.2. The lowest BCUT2D eigenvalue weighted by molar-refractivity contribution is -0.136. The molecule has 15 heavy (non-hydrogen) atoms. The topological polar surface area (TPSA) is 26.3 Å². The molecule has 78 valence electrons. The van der Waals surface area contributed by atoms with Crippen molar-refractivity contribution >= 4 is 12.0 Å². The molecule has 1 rings (SSSR count). The van der Waals surface area contributed by atoms with Crippen molar-refractivity contribution in [1.82, 2.24) is 0 Å². The molecular formula is C13H14O2.